The van der Waals surface area contributed by atoms with Gasteiger partial charge in [-0.05, 0) is 55.4 Å². The van der Waals surface area contributed by atoms with Crippen molar-refractivity contribution in [3.05, 3.63) is 53.7 Å². The molecule has 3 nitrogen and oxygen atoms in total. The molecule has 26 heavy (non-hydrogen) atoms. The minimum absolute atomic E-state index is 0.709. The third-order valence-electron chi connectivity index (χ3n) is 6.20. The highest BCUT2D eigenvalue weighted by atomic mass is 16.5. The maximum absolute atomic E-state index is 6.22. The fourth-order valence-corrected chi connectivity index (χ4v) is 4.66. The van der Waals surface area contributed by atoms with Crippen LogP contribution in [0, 0.1) is 5.92 Å². The number of aromatic amines is 1. The Morgan fingerprint density at radius 1 is 1.08 bits per heavy atom. The van der Waals surface area contributed by atoms with Crippen LogP contribution in [0.3, 0.4) is 0 Å². The highest BCUT2D eigenvalue weighted by Crippen LogP contribution is 2.36. The summed E-state index contributed by atoms with van der Waals surface area (Å²) in [6, 6.07) is 14.9. The van der Waals surface area contributed by atoms with Gasteiger partial charge in [-0.1, -0.05) is 25.1 Å². The van der Waals surface area contributed by atoms with Crippen LogP contribution in [-0.2, 0) is 0 Å². The first-order valence-corrected chi connectivity index (χ1v) is 9.91. The van der Waals surface area contributed by atoms with Crippen molar-refractivity contribution < 1.29 is 4.74 Å². The summed E-state index contributed by atoms with van der Waals surface area (Å²) in [7, 11) is 0. The first-order chi connectivity index (χ1) is 12.8. The minimum Gasteiger partial charge on any atom is -0.489 e. The van der Waals surface area contributed by atoms with Crippen LogP contribution in [-0.4, -0.2) is 29.6 Å². The Labute approximate surface area is 154 Å². The lowest BCUT2D eigenvalue weighted by Gasteiger charge is -2.43. The van der Waals surface area contributed by atoms with E-state index in [0.29, 0.717) is 6.61 Å². The second-order valence-electron chi connectivity index (χ2n) is 7.70. The topological polar surface area (TPSA) is 28.3 Å². The monoisotopic (exact) mass is 346 g/mol. The van der Waals surface area contributed by atoms with Gasteiger partial charge in [0.25, 0.3) is 0 Å². The molecule has 4 heterocycles. The molecule has 3 heteroatoms. The van der Waals surface area contributed by atoms with Crippen molar-refractivity contribution in [2.75, 3.05) is 19.7 Å². The number of H-pyrrole nitrogens is 1. The van der Waals surface area contributed by atoms with Crippen molar-refractivity contribution >= 4 is 21.8 Å². The highest BCUT2D eigenvalue weighted by Gasteiger charge is 2.30. The molecule has 0 aliphatic carbocycles. The zero-order valence-corrected chi connectivity index (χ0v) is 15.4. The van der Waals surface area contributed by atoms with Crippen molar-refractivity contribution in [2.45, 2.75) is 32.6 Å². The number of ether oxygens (including phenoxy) is 1. The standard InChI is InChI=1S/C23H26N2O/c1-2-17(23-13-16-9-11-25(23)12-10-16)15-26-18-7-8-20-19-5-3-4-6-21(19)24-22(20)14-18/h3-8,14,16,24H,2,9-13,15H2,1H3. The molecule has 1 N–H and O–H groups in total. The molecule has 3 aliphatic heterocycles. The zero-order chi connectivity index (χ0) is 17.5. The number of aromatic nitrogens is 1. The van der Waals surface area contributed by atoms with Gasteiger partial charge in [0.1, 0.15) is 12.4 Å². The molecule has 3 saturated heterocycles. The van der Waals surface area contributed by atoms with Crippen LogP contribution < -0.4 is 4.74 Å². The van der Waals surface area contributed by atoms with Gasteiger partial charge in [-0.15, -0.1) is 0 Å². The molecule has 2 bridgehead atoms. The Kier molecular flexibility index (Phi) is 3.88. The number of nitrogens with one attached hydrogen (secondary N) is 1. The first-order valence-electron chi connectivity index (χ1n) is 9.91. The van der Waals surface area contributed by atoms with Gasteiger partial charge in [-0.3, -0.25) is 0 Å². The Morgan fingerprint density at radius 2 is 1.88 bits per heavy atom. The van der Waals surface area contributed by atoms with Crippen molar-refractivity contribution in [3.8, 4) is 5.75 Å². The van der Waals surface area contributed by atoms with E-state index in [-0.39, 0.29) is 0 Å². The number of fused-ring (bicyclic) bond motifs is 6. The third-order valence-corrected chi connectivity index (χ3v) is 6.20. The molecule has 0 radical (unpaired) electrons. The fraction of sp³-hybridized carbons (Fsp3) is 0.391. The van der Waals surface area contributed by atoms with Crippen LogP contribution in [0.15, 0.2) is 53.7 Å². The number of para-hydroxylation sites is 1. The number of nitrogens with zero attached hydrogens (tertiary/aromatic N) is 1. The van der Waals surface area contributed by atoms with E-state index in [2.05, 4.69) is 59.3 Å². The number of hydrogen-bond acceptors (Lipinski definition) is 2. The molecule has 3 aromatic rings. The van der Waals surface area contributed by atoms with Gasteiger partial charge in [-0.25, -0.2) is 0 Å². The van der Waals surface area contributed by atoms with Crippen LogP contribution in [0.5, 0.6) is 5.75 Å². The van der Waals surface area contributed by atoms with E-state index in [1.54, 1.807) is 5.70 Å². The van der Waals surface area contributed by atoms with Crippen molar-refractivity contribution in [3.63, 3.8) is 0 Å². The lowest BCUT2D eigenvalue weighted by atomic mass is 9.84. The molecule has 134 valence electrons. The molecule has 3 fully saturated rings. The normalized spacial score (nSPS) is 19.5. The average Bonchev–Trinajstić information content (AvgIpc) is 3.07. The lowest BCUT2D eigenvalue weighted by molar-refractivity contribution is 0.155. The number of hydrogen-bond donors (Lipinski definition) is 1. The second-order valence-corrected chi connectivity index (χ2v) is 7.70. The largest absolute Gasteiger partial charge is 0.489 e. The quantitative estimate of drug-likeness (QED) is 0.677. The molecule has 0 amide bonds. The minimum atomic E-state index is 0.709. The molecule has 2 aromatic carbocycles. The zero-order valence-electron chi connectivity index (χ0n) is 15.4. The van der Waals surface area contributed by atoms with Gasteiger partial charge in [0.15, 0.2) is 0 Å². The van der Waals surface area contributed by atoms with Gasteiger partial charge in [0.2, 0.25) is 0 Å². The molecule has 0 saturated carbocycles. The number of allylic oxidation sites excluding steroid dienone is 1. The Bertz CT molecular complexity index is 976. The predicted molar refractivity (Wildman–Crippen MR) is 108 cm³/mol. The first kappa shape index (κ1) is 15.8. The summed E-state index contributed by atoms with van der Waals surface area (Å²) < 4.78 is 6.22. The summed E-state index contributed by atoms with van der Waals surface area (Å²) in [4.78, 5) is 6.11. The molecule has 0 atom stereocenters. The maximum Gasteiger partial charge on any atom is 0.121 e. The van der Waals surface area contributed by atoms with Gasteiger partial charge in [0, 0.05) is 41.1 Å². The molecule has 0 spiro atoms. The van der Waals surface area contributed by atoms with Gasteiger partial charge < -0.3 is 14.6 Å². The number of benzene rings is 2. The summed E-state index contributed by atoms with van der Waals surface area (Å²) in [6.07, 6.45) is 5.08. The van der Waals surface area contributed by atoms with E-state index in [0.717, 1.165) is 23.6 Å². The van der Waals surface area contributed by atoms with Gasteiger partial charge in [0.05, 0.1) is 5.52 Å². The van der Waals surface area contributed by atoms with Gasteiger partial charge >= 0.3 is 0 Å². The Morgan fingerprint density at radius 3 is 2.65 bits per heavy atom. The number of rotatable bonds is 4. The van der Waals surface area contributed by atoms with E-state index in [9.17, 15) is 0 Å². The lowest BCUT2D eigenvalue weighted by Crippen LogP contribution is -2.40. The summed E-state index contributed by atoms with van der Waals surface area (Å²) >= 11 is 0. The van der Waals surface area contributed by atoms with Crippen LogP contribution in [0.1, 0.15) is 32.6 Å². The molecule has 0 unspecified atom stereocenters. The van der Waals surface area contributed by atoms with E-state index < -0.39 is 0 Å². The summed E-state index contributed by atoms with van der Waals surface area (Å²) in [6.45, 7) is 5.45. The average molecular weight is 346 g/mol. The predicted octanol–water partition coefficient (Wildman–Crippen LogP) is 5.48. The summed E-state index contributed by atoms with van der Waals surface area (Å²) in [5.74, 6) is 1.85. The van der Waals surface area contributed by atoms with E-state index in [1.165, 1.54) is 54.2 Å². The fourth-order valence-electron chi connectivity index (χ4n) is 4.66. The Hall–Kier alpha value is -2.42. The summed E-state index contributed by atoms with van der Waals surface area (Å²) in [5.41, 5.74) is 5.38. The van der Waals surface area contributed by atoms with Crippen LogP contribution in [0.25, 0.3) is 21.8 Å². The van der Waals surface area contributed by atoms with Gasteiger partial charge in [-0.2, -0.15) is 0 Å². The smallest absolute Gasteiger partial charge is 0.121 e. The van der Waals surface area contributed by atoms with Crippen molar-refractivity contribution in [2.24, 2.45) is 5.92 Å². The van der Waals surface area contributed by atoms with E-state index in [1.807, 2.05) is 0 Å². The summed E-state index contributed by atoms with van der Waals surface area (Å²) in [5, 5.41) is 2.54. The van der Waals surface area contributed by atoms with Crippen molar-refractivity contribution in [1.29, 1.82) is 0 Å². The van der Waals surface area contributed by atoms with Crippen LogP contribution in [0.4, 0.5) is 0 Å². The third kappa shape index (κ3) is 2.66. The Balaban J connectivity index is 1.39. The highest BCUT2D eigenvalue weighted by molar-refractivity contribution is 6.07. The van der Waals surface area contributed by atoms with E-state index >= 15 is 0 Å². The molecular weight excluding hydrogens is 320 g/mol. The van der Waals surface area contributed by atoms with Crippen molar-refractivity contribution in [1.82, 2.24) is 9.88 Å². The molecule has 6 rings (SSSR count). The molecule has 1 aromatic heterocycles. The van der Waals surface area contributed by atoms with Crippen LogP contribution in [0.2, 0.25) is 0 Å². The SMILES string of the molecule is CCC(COc1ccc2c(c1)[nH]c1ccccc12)=C1CC2CCN1CC2. The van der Waals surface area contributed by atoms with E-state index in [4.69, 9.17) is 4.74 Å². The molecular formula is C23H26N2O. The maximum atomic E-state index is 6.22. The van der Waals surface area contributed by atoms with Crippen LogP contribution >= 0.6 is 0 Å². The molecule has 3 aliphatic rings. The second kappa shape index (κ2) is 6.39. The number of piperidine rings is 3.